The molecule has 1 N–H and O–H groups in total. The van der Waals surface area contributed by atoms with Gasteiger partial charge in [0, 0.05) is 37.0 Å². The van der Waals surface area contributed by atoms with Crippen LogP contribution in [-0.2, 0) is 13.6 Å². The Labute approximate surface area is 187 Å². The largest absolute Gasteiger partial charge is 0.497 e. The van der Waals surface area contributed by atoms with Crippen molar-refractivity contribution in [1.82, 2.24) is 24.4 Å². The zero-order valence-corrected chi connectivity index (χ0v) is 18.7. The molecule has 4 aromatic rings. The Balaban J connectivity index is 1.65. The number of rotatable bonds is 7. The smallest absolute Gasteiger partial charge is 0.253 e. The Morgan fingerprint density at radius 1 is 1.09 bits per heavy atom. The lowest BCUT2D eigenvalue weighted by Gasteiger charge is -2.20. The maximum atomic E-state index is 13.4. The molecule has 164 valence electrons. The quantitative estimate of drug-likeness (QED) is 0.485. The van der Waals surface area contributed by atoms with Crippen LogP contribution in [0.25, 0.3) is 0 Å². The molecule has 1 aromatic carbocycles. The molecule has 1 unspecified atom stereocenters. The number of nitrogens with one attached hydrogen (secondary N) is 1. The molecule has 0 saturated carbocycles. The molecule has 0 aliphatic rings. The second-order valence-corrected chi connectivity index (χ2v) is 7.77. The minimum absolute atomic E-state index is 0.152. The first-order valence-corrected chi connectivity index (χ1v) is 10.5. The SMILES string of the molecule is COc1cccc(C(NC(=O)c2cc(C)n(Cc3ccccn3)c2C)c2nccn2C)c1. The van der Waals surface area contributed by atoms with E-state index in [-0.39, 0.29) is 5.91 Å². The van der Waals surface area contributed by atoms with Gasteiger partial charge in [-0.05, 0) is 49.7 Å². The summed E-state index contributed by atoms with van der Waals surface area (Å²) in [5.41, 5.74) is 4.39. The number of pyridine rings is 1. The Bertz CT molecular complexity index is 1230. The van der Waals surface area contributed by atoms with Gasteiger partial charge in [0.15, 0.2) is 0 Å². The molecular formula is C25H27N5O2. The zero-order chi connectivity index (χ0) is 22.7. The lowest BCUT2D eigenvalue weighted by molar-refractivity contribution is 0.0940. The van der Waals surface area contributed by atoms with Crippen molar-refractivity contribution in [2.24, 2.45) is 7.05 Å². The van der Waals surface area contributed by atoms with Crippen LogP contribution in [0, 0.1) is 13.8 Å². The monoisotopic (exact) mass is 429 g/mol. The average molecular weight is 430 g/mol. The van der Waals surface area contributed by atoms with E-state index in [1.54, 1.807) is 19.5 Å². The summed E-state index contributed by atoms with van der Waals surface area (Å²) >= 11 is 0. The van der Waals surface area contributed by atoms with E-state index in [2.05, 4.69) is 19.9 Å². The zero-order valence-electron chi connectivity index (χ0n) is 18.7. The molecule has 0 aliphatic heterocycles. The fourth-order valence-electron chi connectivity index (χ4n) is 3.91. The maximum Gasteiger partial charge on any atom is 0.253 e. The number of nitrogens with zero attached hydrogens (tertiary/aromatic N) is 4. The number of methoxy groups -OCH3 is 1. The lowest BCUT2D eigenvalue weighted by atomic mass is 10.0. The number of imidazole rings is 1. The molecule has 0 aliphatic carbocycles. The van der Waals surface area contributed by atoms with E-state index in [4.69, 9.17) is 4.74 Å². The number of aromatic nitrogens is 4. The predicted octanol–water partition coefficient (Wildman–Crippen LogP) is 3.81. The van der Waals surface area contributed by atoms with Gasteiger partial charge in [-0.2, -0.15) is 0 Å². The second kappa shape index (κ2) is 9.09. The minimum Gasteiger partial charge on any atom is -0.497 e. The number of aryl methyl sites for hydroxylation is 2. The van der Waals surface area contributed by atoms with Crippen molar-refractivity contribution >= 4 is 5.91 Å². The van der Waals surface area contributed by atoms with E-state index in [0.717, 1.165) is 34.2 Å². The molecule has 0 spiro atoms. The Morgan fingerprint density at radius 3 is 2.62 bits per heavy atom. The van der Waals surface area contributed by atoms with E-state index in [1.807, 2.05) is 80.2 Å². The highest BCUT2D eigenvalue weighted by atomic mass is 16.5. The fourth-order valence-corrected chi connectivity index (χ4v) is 3.91. The van der Waals surface area contributed by atoms with Crippen LogP contribution in [0.4, 0.5) is 0 Å². The van der Waals surface area contributed by atoms with Crippen molar-refractivity contribution in [1.29, 1.82) is 0 Å². The van der Waals surface area contributed by atoms with Gasteiger partial charge in [0.25, 0.3) is 5.91 Å². The van der Waals surface area contributed by atoms with Gasteiger partial charge in [-0.25, -0.2) is 4.98 Å². The molecule has 1 amide bonds. The molecule has 3 heterocycles. The van der Waals surface area contributed by atoms with Crippen LogP contribution in [0.3, 0.4) is 0 Å². The highest BCUT2D eigenvalue weighted by molar-refractivity contribution is 5.96. The van der Waals surface area contributed by atoms with Crippen LogP contribution in [0.15, 0.2) is 67.1 Å². The third-order valence-electron chi connectivity index (χ3n) is 5.68. The molecular weight excluding hydrogens is 402 g/mol. The molecule has 0 saturated heterocycles. The van der Waals surface area contributed by atoms with Gasteiger partial charge in [0.2, 0.25) is 0 Å². The first kappa shape index (κ1) is 21.4. The van der Waals surface area contributed by atoms with Gasteiger partial charge < -0.3 is 19.2 Å². The van der Waals surface area contributed by atoms with Crippen LogP contribution in [0.5, 0.6) is 5.75 Å². The molecule has 0 bridgehead atoms. The first-order valence-electron chi connectivity index (χ1n) is 10.5. The Kier molecular flexibility index (Phi) is 6.07. The van der Waals surface area contributed by atoms with Gasteiger partial charge in [-0.1, -0.05) is 18.2 Å². The Morgan fingerprint density at radius 2 is 1.94 bits per heavy atom. The van der Waals surface area contributed by atoms with Crippen molar-refractivity contribution in [2.45, 2.75) is 26.4 Å². The third-order valence-corrected chi connectivity index (χ3v) is 5.68. The van der Waals surface area contributed by atoms with E-state index < -0.39 is 6.04 Å². The normalized spacial score (nSPS) is 11.9. The number of carbonyl (C=O) groups is 1. The van der Waals surface area contributed by atoms with Gasteiger partial charge in [0.05, 0.1) is 24.9 Å². The van der Waals surface area contributed by atoms with Crippen molar-refractivity contribution in [2.75, 3.05) is 7.11 Å². The standard InChI is InChI=1S/C25H27N5O2/c1-17-14-22(18(2)30(17)16-20-9-5-6-11-26-20)25(31)28-23(24-27-12-13-29(24)3)19-8-7-10-21(15-19)32-4/h5-15,23H,16H2,1-4H3,(H,28,31). The number of hydrogen-bond donors (Lipinski definition) is 1. The number of hydrogen-bond acceptors (Lipinski definition) is 4. The molecule has 32 heavy (non-hydrogen) atoms. The van der Waals surface area contributed by atoms with E-state index in [0.29, 0.717) is 12.1 Å². The highest BCUT2D eigenvalue weighted by Crippen LogP contribution is 2.25. The topological polar surface area (TPSA) is 74.0 Å². The van der Waals surface area contributed by atoms with Crippen LogP contribution in [-0.4, -0.2) is 32.1 Å². The summed E-state index contributed by atoms with van der Waals surface area (Å²) in [6.07, 6.45) is 5.38. The summed E-state index contributed by atoms with van der Waals surface area (Å²) in [4.78, 5) is 22.3. The summed E-state index contributed by atoms with van der Waals surface area (Å²) < 4.78 is 9.41. The van der Waals surface area contributed by atoms with E-state index >= 15 is 0 Å². The summed E-state index contributed by atoms with van der Waals surface area (Å²) in [6, 6.07) is 15.0. The van der Waals surface area contributed by atoms with Crippen LogP contribution in [0.1, 0.15) is 44.9 Å². The fraction of sp³-hybridized carbons (Fsp3) is 0.240. The minimum atomic E-state index is -0.420. The van der Waals surface area contributed by atoms with Crippen molar-refractivity contribution < 1.29 is 9.53 Å². The summed E-state index contributed by atoms with van der Waals surface area (Å²) in [7, 11) is 3.55. The van der Waals surface area contributed by atoms with Crippen LogP contribution < -0.4 is 10.1 Å². The van der Waals surface area contributed by atoms with E-state index in [1.165, 1.54) is 0 Å². The summed E-state index contributed by atoms with van der Waals surface area (Å²) in [5.74, 6) is 1.32. The molecule has 0 fully saturated rings. The summed E-state index contributed by atoms with van der Waals surface area (Å²) in [6.45, 7) is 4.58. The predicted molar refractivity (Wildman–Crippen MR) is 123 cm³/mol. The molecule has 1 atom stereocenters. The van der Waals surface area contributed by atoms with Gasteiger partial charge in [-0.3, -0.25) is 9.78 Å². The lowest BCUT2D eigenvalue weighted by Crippen LogP contribution is -2.31. The Hall–Kier alpha value is -3.87. The van der Waals surface area contributed by atoms with Gasteiger partial charge >= 0.3 is 0 Å². The van der Waals surface area contributed by atoms with E-state index in [9.17, 15) is 4.79 Å². The van der Waals surface area contributed by atoms with Crippen molar-refractivity contribution in [3.8, 4) is 5.75 Å². The maximum absolute atomic E-state index is 13.4. The highest BCUT2D eigenvalue weighted by Gasteiger charge is 2.24. The molecule has 4 rings (SSSR count). The number of benzene rings is 1. The average Bonchev–Trinajstić information content (AvgIpc) is 3.36. The number of amides is 1. The molecule has 3 aromatic heterocycles. The van der Waals surface area contributed by atoms with Crippen LogP contribution >= 0.6 is 0 Å². The summed E-state index contributed by atoms with van der Waals surface area (Å²) in [5, 5.41) is 3.18. The van der Waals surface area contributed by atoms with Crippen molar-refractivity contribution in [3.63, 3.8) is 0 Å². The third kappa shape index (κ3) is 4.27. The van der Waals surface area contributed by atoms with Crippen LogP contribution in [0.2, 0.25) is 0 Å². The number of ether oxygens (including phenoxy) is 1. The second-order valence-electron chi connectivity index (χ2n) is 7.77. The molecule has 7 nitrogen and oxygen atoms in total. The number of carbonyl (C=O) groups excluding carboxylic acids is 1. The van der Waals surface area contributed by atoms with Gasteiger partial charge in [-0.15, -0.1) is 0 Å². The van der Waals surface area contributed by atoms with Crippen molar-refractivity contribution in [3.05, 3.63) is 101 Å². The first-order chi connectivity index (χ1) is 15.5. The molecule has 0 radical (unpaired) electrons. The van der Waals surface area contributed by atoms with Gasteiger partial charge in [0.1, 0.15) is 17.6 Å². The molecule has 7 heteroatoms.